The predicted octanol–water partition coefficient (Wildman–Crippen LogP) is 3.84. The fourth-order valence-electron chi connectivity index (χ4n) is 4.09. The highest BCUT2D eigenvalue weighted by atomic mass is 31.2. The number of fused-ring (bicyclic) bond motifs is 1. The lowest BCUT2D eigenvalue weighted by molar-refractivity contribution is -0.162. The largest absolute Gasteiger partial charge is 0.438 e. The molecule has 0 aromatic carbocycles. The number of anilines is 2. The molecule has 0 radical (unpaired) electrons. The lowest BCUT2D eigenvalue weighted by atomic mass is 9.98. The quantitative estimate of drug-likeness (QED) is 0.213. The maximum absolute atomic E-state index is 13.6. The molecule has 2 N–H and O–H groups in total. The molecule has 2 fully saturated rings. The average Bonchev–Trinajstić information content (AvgIpc) is 3.23. The van der Waals surface area contributed by atoms with E-state index in [2.05, 4.69) is 19.9 Å². The number of imidazole rings is 1. The summed E-state index contributed by atoms with van der Waals surface area (Å²) in [5.74, 6) is -0.197. The third-order valence-corrected chi connectivity index (χ3v) is 8.21. The molecule has 1 saturated heterocycles. The highest BCUT2D eigenvalue weighted by molar-refractivity contribution is 7.53. The van der Waals surface area contributed by atoms with E-state index in [-0.39, 0.29) is 5.95 Å². The van der Waals surface area contributed by atoms with Crippen molar-refractivity contribution in [3.05, 3.63) is 6.33 Å². The Balaban J connectivity index is 1.44. The van der Waals surface area contributed by atoms with E-state index in [9.17, 15) is 14.2 Å². The fourth-order valence-corrected chi connectivity index (χ4v) is 5.17. The molecule has 0 amide bonds. The summed E-state index contributed by atoms with van der Waals surface area (Å²) in [4.78, 5) is 39.9. The second kappa shape index (κ2) is 11.8. The summed E-state index contributed by atoms with van der Waals surface area (Å²) in [6.45, 7) is 11.0. The summed E-state index contributed by atoms with van der Waals surface area (Å²) >= 11 is 0. The van der Waals surface area contributed by atoms with Gasteiger partial charge in [0.25, 0.3) is 0 Å². The van der Waals surface area contributed by atoms with Gasteiger partial charge in [-0.25, -0.2) is 4.98 Å². The van der Waals surface area contributed by atoms with E-state index in [1.165, 1.54) is 0 Å². The first-order valence-corrected chi connectivity index (χ1v) is 15.4. The number of aromatic nitrogens is 4. The van der Waals surface area contributed by atoms with Crippen LogP contribution in [-0.2, 0) is 44.0 Å². The molecule has 1 aliphatic heterocycles. The smallest absolute Gasteiger partial charge is 0.361 e. The molecule has 1 saturated carbocycles. The van der Waals surface area contributed by atoms with Crippen LogP contribution in [0.5, 0.6) is 0 Å². The number of carbonyl (C=O) groups excluding carboxylic acids is 2. The van der Waals surface area contributed by atoms with Crippen LogP contribution in [0.15, 0.2) is 6.33 Å². The first-order valence-electron chi connectivity index (χ1n) is 13.7. The van der Waals surface area contributed by atoms with Crippen molar-refractivity contribution in [3.8, 4) is 0 Å². The SMILES string of the molecule is CC(C)(C)C(=O)OCOP(=O)(COC1(Cn2cnc3c(N4CCCC4)nc(N)nc32)CC1)OCOC(=O)C(C)(C)C. The molecule has 1 aliphatic carbocycles. The van der Waals surface area contributed by atoms with Gasteiger partial charge >= 0.3 is 19.5 Å². The monoisotopic (exact) mass is 596 g/mol. The molecular weight excluding hydrogens is 555 g/mol. The number of carbonyl (C=O) groups is 2. The Kier molecular flexibility index (Phi) is 8.98. The van der Waals surface area contributed by atoms with E-state index < -0.39 is 55.9 Å². The van der Waals surface area contributed by atoms with Crippen LogP contribution in [-0.4, -0.2) is 70.1 Å². The minimum atomic E-state index is -4.01. The topological polar surface area (TPSA) is 170 Å². The van der Waals surface area contributed by atoms with Crippen LogP contribution >= 0.6 is 7.60 Å². The van der Waals surface area contributed by atoms with Gasteiger partial charge in [-0.3, -0.25) is 23.2 Å². The van der Waals surface area contributed by atoms with Crippen LogP contribution in [0.4, 0.5) is 11.8 Å². The number of nitrogens with zero attached hydrogens (tertiary/aromatic N) is 5. The number of esters is 2. The van der Waals surface area contributed by atoms with E-state index in [0.717, 1.165) is 31.7 Å². The van der Waals surface area contributed by atoms with Gasteiger partial charge in [-0.15, -0.1) is 0 Å². The Labute approximate surface area is 239 Å². The molecule has 2 aromatic heterocycles. The van der Waals surface area contributed by atoms with Gasteiger partial charge in [-0.1, -0.05) is 0 Å². The van der Waals surface area contributed by atoms with Crippen molar-refractivity contribution in [2.45, 2.75) is 79.4 Å². The minimum Gasteiger partial charge on any atom is -0.438 e. The van der Waals surface area contributed by atoms with Crippen molar-refractivity contribution in [2.24, 2.45) is 10.8 Å². The molecular formula is C26H41N6O8P. The van der Waals surface area contributed by atoms with Crippen LogP contribution in [0.1, 0.15) is 67.2 Å². The zero-order valence-electron chi connectivity index (χ0n) is 24.7. The molecule has 0 atom stereocenters. The first kappa shape index (κ1) is 31.1. The van der Waals surface area contributed by atoms with E-state index in [1.54, 1.807) is 47.9 Å². The molecule has 15 heteroatoms. The van der Waals surface area contributed by atoms with Gasteiger partial charge in [0.05, 0.1) is 29.3 Å². The van der Waals surface area contributed by atoms with Crippen molar-refractivity contribution in [1.29, 1.82) is 0 Å². The van der Waals surface area contributed by atoms with Gasteiger partial charge in [-0.05, 0) is 67.2 Å². The number of hydrogen-bond acceptors (Lipinski definition) is 13. The van der Waals surface area contributed by atoms with Gasteiger partial charge in [-0.2, -0.15) is 9.97 Å². The zero-order valence-corrected chi connectivity index (χ0v) is 25.6. The van der Waals surface area contributed by atoms with Gasteiger partial charge in [0, 0.05) is 13.1 Å². The molecule has 0 spiro atoms. The molecule has 2 aliphatic rings. The third-order valence-electron chi connectivity index (χ3n) is 6.77. The van der Waals surface area contributed by atoms with Crippen LogP contribution < -0.4 is 10.6 Å². The van der Waals surface area contributed by atoms with E-state index >= 15 is 0 Å². The summed E-state index contributed by atoms with van der Waals surface area (Å²) in [7, 11) is -4.01. The molecule has 0 unspecified atom stereocenters. The number of ether oxygens (including phenoxy) is 3. The van der Waals surface area contributed by atoms with Crippen molar-refractivity contribution in [3.63, 3.8) is 0 Å². The maximum atomic E-state index is 13.6. The van der Waals surface area contributed by atoms with Crippen LogP contribution in [0.3, 0.4) is 0 Å². The molecule has 41 heavy (non-hydrogen) atoms. The van der Waals surface area contributed by atoms with Gasteiger partial charge in [0.1, 0.15) is 6.35 Å². The molecule has 0 bridgehead atoms. The first-order chi connectivity index (χ1) is 19.1. The maximum Gasteiger partial charge on any atom is 0.361 e. The Morgan fingerprint density at radius 2 is 1.54 bits per heavy atom. The number of hydrogen-bond donors (Lipinski definition) is 1. The van der Waals surface area contributed by atoms with Crippen LogP contribution in [0.2, 0.25) is 0 Å². The van der Waals surface area contributed by atoms with Crippen molar-refractivity contribution >= 4 is 42.5 Å². The normalized spacial score (nSPS) is 17.2. The average molecular weight is 597 g/mol. The standard InChI is InChI=1S/C26H41N6O8P/c1-24(2,3)21(33)36-15-39-41(35,40-16-37-22(34)25(4,5)6)17-38-26(9-10-26)13-32-14-28-18-19(31-11-7-8-12-31)29-23(27)30-20(18)32/h14H,7-13,15-17H2,1-6H3,(H2,27,29,30). The van der Waals surface area contributed by atoms with Gasteiger partial charge < -0.3 is 29.4 Å². The predicted molar refractivity (Wildman–Crippen MR) is 150 cm³/mol. The number of rotatable bonds is 12. The third kappa shape index (κ3) is 7.94. The van der Waals surface area contributed by atoms with Crippen molar-refractivity contribution in [2.75, 3.05) is 43.7 Å². The Morgan fingerprint density at radius 1 is 0.976 bits per heavy atom. The summed E-state index contributed by atoms with van der Waals surface area (Å²) in [6, 6.07) is 0. The van der Waals surface area contributed by atoms with Gasteiger partial charge in [0.2, 0.25) is 19.5 Å². The molecule has 228 valence electrons. The second-order valence-corrected chi connectivity index (χ2v) is 14.6. The lowest BCUT2D eigenvalue weighted by Crippen LogP contribution is -2.26. The van der Waals surface area contributed by atoms with E-state index in [4.69, 9.17) is 29.0 Å². The van der Waals surface area contributed by atoms with Crippen molar-refractivity contribution < 1.29 is 37.4 Å². The Hall–Kier alpha value is -2.80. The van der Waals surface area contributed by atoms with Crippen LogP contribution in [0.25, 0.3) is 11.2 Å². The number of nitrogen functional groups attached to an aromatic ring is 1. The molecule has 2 aromatic rings. The molecule has 4 rings (SSSR count). The fraction of sp³-hybridized carbons (Fsp3) is 0.731. The van der Waals surface area contributed by atoms with Gasteiger partial charge in [0.15, 0.2) is 17.0 Å². The zero-order chi connectivity index (χ0) is 30.1. The minimum absolute atomic E-state index is 0.160. The highest BCUT2D eigenvalue weighted by Crippen LogP contribution is 2.52. The molecule has 3 heterocycles. The second-order valence-electron chi connectivity index (χ2n) is 12.6. The molecule has 14 nitrogen and oxygen atoms in total. The van der Waals surface area contributed by atoms with E-state index in [1.807, 2.05) is 4.57 Å². The summed E-state index contributed by atoms with van der Waals surface area (Å²) in [5.41, 5.74) is 5.07. The van der Waals surface area contributed by atoms with Crippen molar-refractivity contribution in [1.82, 2.24) is 19.5 Å². The highest BCUT2D eigenvalue weighted by Gasteiger charge is 2.47. The van der Waals surface area contributed by atoms with Crippen LogP contribution in [0, 0.1) is 10.8 Å². The summed E-state index contributed by atoms with van der Waals surface area (Å²) in [6.07, 6.45) is 4.76. The Morgan fingerprint density at radius 3 is 2.05 bits per heavy atom. The van der Waals surface area contributed by atoms with E-state index in [0.29, 0.717) is 30.6 Å². The number of nitrogens with two attached hydrogens (primary N) is 1. The summed E-state index contributed by atoms with van der Waals surface area (Å²) in [5, 5.41) is 0. The Bertz CT molecular complexity index is 1270. The summed E-state index contributed by atoms with van der Waals surface area (Å²) < 4.78 is 42.6. The lowest BCUT2D eigenvalue weighted by Gasteiger charge is -2.24.